The number of benzene rings is 1. The van der Waals surface area contributed by atoms with Gasteiger partial charge in [0.05, 0.1) is 5.69 Å². The normalized spacial score (nSPS) is 30.5. The monoisotopic (exact) mass is 591 g/mol. The number of terminal acetylenes is 1. The van der Waals surface area contributed by atoms with Gasteiger partial charge in [-0.3, -0.25) is 4.90 Å². The second kappa shape index (κ2) is 12.0. The Hall–Kier alpha value is -2.36. The van der Waals surface area contributed by atoms with Gasteiger partial charge in [-0.15, -0.1) is 12.3 Å². The van der Waals surface area contributed by atoms with Gasteiger partial charge in [0, 0.05) is 59.2 Å². The van der Waals surface area contributed by atoms with Crippen LogP contribution in [0.2, 0.25) is 5.02 Å². The first-order valence-electron chi connectivity index (χ1n) is 16.3. The molecule has 5 nitrogen and oxygen atoms in total. The molecule has 226 valence electrons. The zero-order valence-electron chi connectivity index (χ0n) is 25.5. The summed E-state index contributed by atoms with van der Waals surface area (Å²) in [4.78, 5) is 14.9. The molecule has 0 saturated carbocycles. The second-order valence-corrected chi connectivity index (χ2v) is 14.1. The molecule has 2 aromatic rings. The van der Waals surface area contributed by atoms with E-state index >= 15 is 0 Å². The quantitative estimate of drug-likeness (QED) is 0.305. The minimum absolute atomic E-state index is 0.0869. The van der Waals surface area contributed by atoms with Crippen LogP contribution in [0.4, 0.5) is 15.9 Å². The number of hydrogen-bond donors (Lipinski definition) is 1. The minimum atomic E-state index is -0.551. The van der Waals surface area contributed by atoms with E-state index in [0.29, 0.717) is 12.5 Å². The lowest BCUT2D eigenvalue weighted by molar-refractivity contribution is 0.217. The number of aromatic nitrogens is 2. The molecule has 3 aliphatic heterocycles. The van der Waals surface area contributed by atoms with Crippen LogP contribution in [0.25, 0.3) is 0 Å². The lowest BCUT2D eigenvalue weighted by Crippen LogP contribution is -2.39. The van der Waals surface area contributed by atoms with Crippen LogP contribution in [0.1, 0.15) is 99.8 Å². The molecule has 7 heteroatoms. The highest BCUT2D eigenvalue weighted by molar-refractivity contribution is 6.31. The van der Waals surface area contributed by atoms with Crippen molar-refractivity contribution in [2.75, 3.05) is 36.8 Å². The second-order valence-electron chi connectivity index (χ2n) is 13.7. The van der Waals surface area contributed by atoms with Crippen molar-refractivity contribution in [3.63, 3.8) is 0 Å². The molecule has 2 N–H and O–H groups in total. The Labute approximate surface area is 256 Å². The van der Waals surface area contributed by atoms with Gasteiger partial charge in [0.2, 0.25) is 0 Å². The number of aryl methyl sites for hydroxylation is 1. The average molecular weight is 592 g/mol. The summed E-state index contributed by atoms with van der Waals surface area (Å²) < 4.78 is 12.8. The van der Waals surface area contributed by atoms with Crippen molar-refractivity contribution in [1.82, 2.24) is 14.9 Å². The van der Waals surface area contributed by atoms with Gasteiger partial charge in [0.25, 0.3) is 0 Å². The summed E-state index contributed by atoms with van der Waals surface area (Å²) in [5.41, 5.74) is 12.6. The zero-order chi connectivity index (χ0) is 29.5. The van der Waals surface area contributed by atoms with E-state index in [1.54, 1.807) is 0 Å². The van der Waals surface area contributed by atoms with Crippen LogP contribution >= 0.6 is 11.6 Å². The number of halogens is 2. The number of rotatable bonds is 2. The first-order chi connectivity index (χ1) is 20.2. The van der Waals surface area contributed by atoms with Crippen molar-refractivity contribution in [3.05, 3.63) is 45.4 Å². The first kappa shape index (κ1) is 29.7. The van der Waals surface area contributed by atoms with Crippen LogP contribution < -0.4 is 10.6 Å². The maximum atomic E-state index is 12.8. The predicted octanol–water partition coefficient (Wildman–Crippen LogP) is 6.86. The van der Waals surface area contributed by atoms with E-state index in [1.165, 1.54) is 53.9 Å². The molecular formula is C35H47ClFN5. The van der Waals surface area contributed by atoms with Crippen molar-refractivity contribution >= 4 is 23.1 Å². The third-order valence-electron chi connectivity index (χ3n) is 10.9. The standard InChI is InChI=1S/C27H33ClN4.C8H14FN/c1-3-18-7-6-13-32(14-10-18)26-21-9-12-27(17-24(21)30-25(4-2)31-26)11-5-8-20-22(27)15-19(29)16-23(20)28;1-8-3-2-4-10(8)6-7(9)5-8/h1,15-16,18H,4-14,17,29H2,2H3;7H,2-6H2,1H3. The van der Waals surface area contributed by atoms with E-state index in [0.717, 1.165) is 94.0 Å². The molecular weight excluding hydrogens is 545 g/mol. The number of anilines is 2. The minimum Gasteiger partial charge on any atom is -0.399 e. The van der Waals surface area contributed by atoms with Crippen LogP contribution in [0.5, 0.6) is 0 Å². The highest BCUT2D eigenvalue weighted by Gasteiger charge is 2.45. The van der Waals surface area contributed by atoms with Gasteiger partial charge in [0.15, 0.2) is 0 Å². The number of hydrogen-bond acceptors (Lipinski definition) is 5. The Morgan fingerprint density at radius 1 is 1.07 bits per heavy atom. The molecule has 42 heavy (non-hydrogen) atoms. The van der Waals surface area contributed by atoms with Crippen molar-refractivity contribution < 1.29 is 4.39 Å². The van der Waals surface area contributed by atoms with Gasteiger partial charge in [-0.1, -0.05) is 18.5 Å². The molecule has 3 saturated heterocycles. The van der Waals surface area contributed by atoms with Gasteiger partial charge in [-0.25, -0.2) is 14.4 Å². The fraction of sp³-hybridized carbons (Fsp3) is 0.657. The lowest BCUT2D eigenvalue weighted by Gasteiger charge is -2.43. The summed E-state index contributed by atoms with van der Waals surface area (Å²) in [7, 11) is 0. The summed E-state index contributed by atoms with van der Waals surface area (Å²) in [6.07, 6.45) is 19.0. The molecule has 7 rings (SSSR count). The molecule has 4 unspecified atom stereocenters. The van der Waals surface area contributed by atoms with Crippen LogP contribution in [-0.2, 0) is 31.1 Å². The summed E-state index contributed by atoms with van der Waals surface area (Å²) in [5, 5.41) is 0.829. The third kappa shape index (κ3) is 5.64. The smallest absolute Gasteiger partial charge is 0.135 e. The van der Waals surface area contributed by atoms with E-state index in [2.05, 4.69) is 35.6 Å². The van der Waals surface area contributed by atoms with E-state index < -0.39 is 6.17 Å². The molecule has 1 aromatic heterocycles. The number of fused-ring (bicyclic) bond motifs is 4. The Morgan fingerprint density at radius 3 is 2.71 bits per heavy atom. The van der Waals surface area contributed by atoms with Crippen LogP contribution in [0.15, 0.2) is 12.1 Å². The van der Waals surface area contributed by atoms with E-state index in [-0.39, 0.29) is 11.0 Å². The van der Waals surface area contributed by atoms with E-state index in [1.807, 2.05) is 6.07 Å². The maximum Gasteiger partial charge on any atom is 0.135 e. The molecule has 2 aliphatic carbocycles. The fourth-order valence-electron chi connectivity index (χ4n) is 8.61. The average Bonchev–Trinajstić information content (AvgIpc) is 3.33. The SMILES string of the molecule is C#CC1CCCN(c2nc(CC)nc3c2CCC2(CCCc4c(Cl)cc(N)cc42)C3)CC1.CC12CCCN1CC(F)C2. The largest absolute Gasteiger partial charge is 0.399 e. The Morgan fingerprint density at radius 2 is 1.93 bits per heavy atom. The summed E-state index contributed by atoms with van der Waals surface area (Å²) in [6.45, 7) is 8.18. The van der Waals surface area contributed by atoms with Crippen molar-refractivity contribution in [2.24, 2.45) is 5.92 Å². The predicted molar refractivity (Wildman–Crippen MR) is 171 cm³/mol. The number of alkyl halides is 1. The molecule has 0 radical (unpaired) electrons. The Balaban J connectivity index is 0.000000265. The molecule has 1 spiro atoms. The summed E-state index contributed by atoms with van der Waals surface area (Å²) >= 11 is 6.64. The molecule has 0 bridgehead atoms. The van der Waals surface area contributed by atoms with Gasteiger partial charge in [-0.05, 0) is 114 Å². The van der Waals surface area contributed by atoms with E-state index in [9.17, 15) is 4.39 Å². The molecule has 1 aromatic carbocycles. The Bertz CT molecular complexity index is 1360. The van der Waals surface area contributed by atoms with Gasteiger partial charge < -0.3 is 10.6 Å². The van der Waals surface area contributed by atoms with Crippen LogP contribution in [0.3, 0.4) is 0 Å². The lowest BCUT2D eigenvalue weighted by atomic mass is 9.62. The van der Waals surface area contributed by atoms with Gasteiger partial charge in [-0.2, -0.15) is 0 Å². The van der Waals surface area contributed by atoms with Gasteiger partial charge >= 0.3 is 0 Å². The molecule has 5 aliphatic rings. The van der Waals surface area contributed by atoms with Crippen molar-refractivity contribution in [2.45, 2.75) is 114 Å². The zero-order valence-corrected chi connectivity index (χ0v) is 26.3. The molecule has 4 heterocycles. The topological polar surface area (TPSA) is 58.3 Å². The molecule has 3 fully saturated rings. The van der Waals surface area contributed by atoms with Crippen LogP contribution in [0, 0.1) is 18.3 Å². The molecule has 4 atom stereocenters. The number of nitrogens with two attached hydrogens (primary N) is 1. The van der Waals surface area contributed by atoms with Crippen molar-refractivity contribution in [1.29, 1.82) is 0 Å². The molecule has 0 amide bonds. The summed E-state index contributed by atoms with van der Waals surface area (Å²) in [6, 6.07) is 4.09. The highest BCUT2D eigenvalue weighted by Crippen LogP contribution is 2.49. The van der Waals surface area contributed by atoms with Gasteiger partial charge in [0.1, 0.15) is 17.8 Å². The fourth-order valence-corrected chi connectivity index (χ4v) is 8.93. The third-order valence-corrected chi connectivity index (χ3v) is 11.3. The number of nitrogen functional groups attached to an aromatic ring is 1. The highest BCUT2D eigenvalue weighted by atomic mass is 35.5. The maximum absolute atomic E-state index is 12.8. The Kier molecular flexibility index (Phi) is 8.46. The van der Waals surface area contributed by atoms with E-state index in [4.69, 9.17) is 33.7 Å². The van der Waals surface area contributed by atoms with Crippen LogP contribution in [-0.4, -0.2) is 52.8 Å². The summed E-state index contributed by atoms with van der Waals surface area (Å²) in [5.74, 6) is 5.49. The number of nitrogens with zero attached hydrogens (tertiary/aromatic N) is 4. The van der Waals surface area contributed by atoms with Crippen molar-refractivity contribution in [3.8, 4) is 12.3 Å². The first-order valence-corrected chi connectivity index (χ1v) is 16.7.